The zero-order valence-corrected chi connectivity index (χ0v) is 24.5. The van der Waals surface area contributed by atoms with Gasteiger partial charge >= 0.3 is 0 Å². The summed E-state index contributed by atoms with van der Waals surface area (Å²) in [6, 6.07) is 14.1. The Kier molecular flexibility index (Phi) is 8.49. The minimum Gasteiger partial charge on any atom is -0.497 e. The number of nitrogens with one attached hydrogen (secondary N) is 1. The Bertz CT molecular complexity index is 1350. The third-order valence-corrected chi connectivity index (χ3v) is 11.9. The lowest BCUT2D eigenvalue weighted by Gasteiger charge is -2.44. The van der Waals surface area contributed by atoms with Gasteiger partial charge in [-0.25, -0.2) is 8.42 Å². The minimum absolute atomic E-state index is 0.00754. The molecule has 1 N–H and O–H groups in total. The van der Waals surface area contributed by atoms with Gasteiger partial charge in [-0.15, -0.1) is 11.3 Å². The van der Waals surface area contributed by atoms with Crippen LogP contribution in [0, 0.1) is 5.92 Å². The highest BCUT2D eigenvalue weighted by molar-refractivity contribution is 7.91. The first-order valence-electron chi connectivity index (χ1n) is 14.0. The van der Waals surface area contributed by atoms with E-state index in [1.807, 2.05) is 11.1 Å². The van der Waals surface area contributed by atoms with Crippen LogP contribution < -0.4 is 4.74 Å². The van der Waals surface area contributed by atoms with Crippen molar-refractivity contribution >= 4 is 27.3 Å². The highest BCUT2D eigenvalue weighted by atomic mass is 32.2. The van der Waals surface area contributed by atoms with E-state index in [0.29, 0.717) is 29.8 Å². The van der Waals surface area contributed by atoms with Crippen molar-refractivity contribution in [2.45, 2.75) is 61.5 Å². The number of fused-ring (bicyclic) bond motifs is 1. The number of thiophene rings is 1. The lowest BCUT2D eigenvalue weighted by Crippen LogP contribution is -2.52. The van der Waals surface area contributed by atoms with Crippen LogP contribution in [0.4, 0.5) is 0 Å². The number of aryl methyl sites for hydroxylation is 1. The van der Waals surface area contributed by atoms with Gasteiger partial charge in [-0.2, -0.15) is 4.31 Å². The molecule has 0 saturated carbocycles. The van der Waals surface area contributed by atoms with E-state index in [2.05, 4.69) is 42.2 Å². The molecule has 0 radical (unpaired) electrons. The normalized spacial score (nSPS) is 20.0. The summed E-state index contributed by atoms with van der Waals surface area (Å²) in [6.07, 6.45) is 9.26. The number of aromatic amines is 1. The monoisotopic (exact) mass is 569 g/mol. The number of carbonyl (C=O) groups is 1. The summed E-state index contributed by atoms with van der Waals surface area (Å²) >= 11 is 1.19. The third-order valence-electron chi connectivity index (χ3n) is 8.68. The molecule has 1 aromatic carbocycles. The van der Waals surface area contributed by atoms with E-state index in [1.165, 1.54) is 32.5 Å². The van der Waals surface area contributed by atoms with Crippen LogP contribution in [0.15, 0.2) is 58.3 Å². The molecule has 1 saturated heterocycles. The Hall–Kier alpha value is -2.62. The fourth-order valence-corrected chi connectivity index (χ4v) is 9.22. The summed E-state index contributed by atoms with van der Waals surface area (Å²) < 4.78 is 33.0. The fraction of sp³-hybridized carbons (Fsp3) is 0.500. The van der Waals surface area contributed by atoms with E-state index in [4.69, 9.17) is 4.74 Å². The van der Waals surface area contributed by atoms with Crippen molar-refractivity contribution in [3.63, 3.8) is 0 Å². The van der Waals surface area contributed by atoms with Gasteiger partial charge in [0, 0.05) is 36.9 Å². The van der Waals surface area contributed by atoms with Gasteiger partial charge in [-0.3, -0.25) is 4.79 Å². The zero-order valence-electron chi connectivity index (χ0n) is 22.9. The molecule has 210 valence electrons. The van der Waals surface area contributed by atoms with Gasteiger partial charge in [0.15, 0.2) is 0 Å². The smallest absolute Gasteiger partial charge is 0.253 e. The number of hydrogen-bond donors (Lipinski definition) is 1. The number of hydrogen-bond acceptors (Lipinski definition) is 5. The van der Waals surface area contributed by atoms with E-state index in [-0.39, 0.29) is 17.9 Å². The van der Waals surface area contributed by atoms with Crippen molar-refractivity contribution in [2.24, 2.45) is 5.92 Å². The van der Waals surface area contributed by atoms with E-state index in [1.54, 1.807) is 24.6 Å². The maximum absolute atomic E-state index is 13.0. The standard InChI is InChI=1S/C30H39N3O4S2/c1-3-13-30(27-7-4-15-31-27,25-11-9-23-10-12-26(37-2)21-24(23)20-25)14-6-16-32-17-18-33(22-28(32)34)39(35,36)29-8-5-19-38-29/h4-5,7-8,10,12,15,19,21,25,31H,3,6,9,11,13-14,16-18,20,22H2,1-2H3. The number of sulfonamides is 1. The SMILES string of the molecule is CCCC(CCCN1CCN(S(=O)(=O)c2cccs2)CC1=O)(c1ccc[nH]1)C1CCc2ccc(OC)cc2C1. The number of nitrogens with zero attached hydrogens (tertiary/aromatic N) is 2. The second-order valence-corrected chi connectivity index (χ2v) is 13.9. The molecule has 1 fully saturated rings. The van der Waals surface area contributed by atoms with Gasteiger partial charge in [-0.05, 0) is 91.3 Å². The molecule has 1 aliphatic carbocycles. The molecule has 5 rings (SSSR count). The average Bonchev–Trinajstić information content (AvgIpc) is 3.68. The maximum atomic E-state index is 13.0. The molecule has 3 heterocycles. The van der Waals surface area contributed by atoms with Crippen LogP contribution in [0.2, 0.25) is 0 Å². The molecular weight excluding hydrogens is 530 g/mol. The molecule has 0 bridgehead atoms. The second-order valence-electron chi connectivity index (χ2n) is 10.8. The maximum Gasteiger partial charge on any atom is 0.253 e. The summed E-state index contributed by atoms with van der Waals surface area (Å²) in [5.74, 6) is 1.29. The Labute approximate surface area is 236 Å². The molecule has 2 aliphatic rings. The largest absolute Gasteiger partial charge is 0.497 e. The van der Waals surface area contributed by atoms with E-state index < -0.39 is 10.0 Å². The van der Waals surface area contributed by atoms with Gasteiger partial charge in [0.05, 0.1) is 13.7 Å². The molecule has 9 heteroatoms. The zero-order chi connectivity index (χ0) is 27.5. The van der Waals surface area contributed by atoms with Crippen LogP contribution in [0.3, 0.4) is 0 Å². The molecular formula is C30H39N3O4S2. The Morgan fingerprint density at radius 1 is 1.13 bits per heavy atom. The number of piperazine rings is 1. The number of rotatable bonds is 11. The summed E-state index contributed by atoms with van der Waals surface area (Å²) in [5.41, 5.74) is 4.09. The number of amides is 1. The first kappa shape index (κ1) is 27.9. The van der Waals surface area contributed by atoms with E-state index in [0.717, 1.165) is 50.7 Å². The van der Waals surface area contributed by atoms with Crippen molar-refractivity contribution in [2.75, 3.05) is 33.3 Å². The fourth-order valence-electron chi connectivity index (χ4n) is 6.69. The van der Waals surface area contributed by atoms with Crippen molar-refractivity contribution in [1.82, 2.24) is 14.2 Å². The second kappa shape index (κ2) is 11.9. The first-order valence-corrected chi connectivity index (χ1v) is 16.3. The summed E-state index contributed by atoms with van der Waals surface area (Å²) in [4.78, 5) is 18.5. The van der Waals surface area contributed by atoms with E-state index in [9.17, 15) is 13.2 Å². The molecule has 2 unspecified atom stereocenters. The van der Waals surface area contributed by atoms with Crippen molar-refractivity contribution in [3.05, 3.63) is 70.9 Å². The number of benzene rings is 1. The lowest BCUT2D eigenvalue weighted by molar-refractivity contribution is -0.134. The van der Waals surface area contributed by atoms with Gasteiger partial charge in [0.2, 0.25) is 5.91 Å². The average molecular weight is 570 g/mol. The molecule has 0 spiro atoms. The molecule has 2 atom stereocenters. The number of ether oxygens (including phenoxy) is 1. The van der Waals surface area contributed by atoms with Crippen LogP contribution in [-0.4, -0.2) is 61.8 Å². The molecule has 1 aliphatic heterocycles. The summed E-state index contributed by atoms with van der Waals surface area (Å²) in [7, 11) is -1.89. The van der Waals surface area contributed by atoms with Gasteiger partial charge in [0.25, 0.3) is 10.0 Å². The molecule has 3 aromatic rings. The van der Waals surface area contributed by atoms with E-state index >= 15 is 0 Å². The van der Waals surface area contributed by atoms with Crippen LogP contribution >= 0.6 is 11.3 Å². The number of methoxy groups -OCH3 is 1. The lowest BCUT2D eigenvalue weighted by atomic mass is 9.61. The van der Waals surface area contributed by atoms with Crippen LogP contribution in [-0.2, 0) is 33.1 Å². The topological polar surface area (TPSA) is 82.7 Å². The summed E-state index contributed by atoms with van der Waals surface area (Å²) in [6.45, 7) is 3.59. The first-order chi connectivity index (χ1) is 18.9. The van der Waals surface area contributed by atoms with Crippen LogP contribution in [0.1, 0.15) is 55.8 Å². The van der Waals surface area contributed by atoms with Crippen LogP contribution in [0.5, 0.6) is 5.75 Å². The quantitative estimate of drug-likeness (QED) is 0.342. The Balaban J connectivity index is 1.29. The van der Waals surface area contributed by atoms with Gasteiger partial charge in [0.1, 0.15) is 9.96 Å². The molecule has 1 amide bonds. The number of H-pyrrole nitrogens is 1. The van der Waals surface area contributed by atoms with Crippen molar-refractivity contribution < 1.29 is 17.9 Å². The Morgan fingerprint density at radius 3 is 2.69 bits per heavy atom. The number of aromatic nitrogens is 1. The predicted molar refractivity (Wildman–Crippen MR) is 155 cm³/mol. The Morgan fingerprint density at radius 2 is 2.00 bits per heavy atom. The van der Waals surface area contributed by atoms with Crippen molar-refractivity contribution in [3.8, 4) is 5.75 Å². The van der Waals surface area contributed by atoms with Gasteiger partial charge < -0.3 is 14.6 Å². The minimum atomic E-state index is -3.61. The summed E-state index contributed by atoms with van der Waals surface area (Å²) in [5, 5.41) is 1.75. The number of carbonyl (C=O) groups excluding carboxylic acids is 1. The molecule has 2 aromatic heterocycles. The highest BCUT2D eigenvalue weighted by Gasteiger charge is 2.42. The van der Waals surface area contributed by atoms with Gasteiger partial charge in [-0.1, -0.05) is 25.5 Å². The molecule has 39 heavy (non-hydrogen) atoms. The highest BCUT2D eigenvalue weighted by Crippen LogP contribution is 2.46. The van der Waals surface area contributed by atoms with Crippen LogP contribution in [0.25, 0.3) is 0 Å². The van der Waals surface area contributed by atoms with Crippen molar-refractivity contribution in [1.29, 1.82) is 0 Å². The molecule has 7 nitrogen and oxygen atoms in total. The third kappa shape index (κ3) is 5.67. The predicted octanol–water partition coefficient (Wildman–Crippen LogP) is 5.24.